The first-order valence-corrected chi connectivity index (χ1v) is 23.3. The predicted octanol–water partition coefficient (Wildman–Crippen LogP) is 5.08. The average molecular weight is 916 g/mol. The molecule has 0 aliphatic carbocycles. The highest BCUT2D eigenvalue weighted by Gasteiger charge is 2.46. The van der Waals surface area contributed by atoms with E-state index in [0.29, 0.717) is 64.0 Å². The van der Waals surface area contributed by atoms with Crippen molar-refractivity contribution in [2.45, 2.75) is 95.8 Å². The van der Waals surface area contributed by atoms with Gasteiger partial charge in [0.15, 0.2) is 11.6 Å². The Balaban J connectivity index is 0.747. The monoisotopic (exact) mass is 915 g/mol. The number of nitrogens with zero attached hydrogens (tertiary/aromatic N) is 5. The molecule has 344 valence electrons. The summed E-state index contributed by atoms with van der Waals surface area (Å²) in [6, 6.07) is 13.2. The normalized spacial score (nSPS) is 18.2. The van der Waals surface area contributed by atoms with E-state index in [2.05, 4.69) is 22.1 Å². The molecule has 6 amide bonds. The summed E-state index contributed by atoms with van der Waals surface area (Å²) in [5.41, 5.74) is 7.88. The van der Waals surface area contributed by atoms with E-state index in [1.165, 1.54) is 6.07 Å². The number of amides is 6. The second-order valence-corrected chi connectivity index (χ2v) is 18.7. The van der Waals surface area contributed by atoms with E-state index in [-0.39, 0.29) is 72.4 Å². The lowest BCUT2D eigenvalue weighted by molar-refractivity contribution is -0.141. The Morgan fingerprint density at radius 3 is 2.41 bits per heavy atom. The summed E-state index contributed by atoms with van der Waals surface area (Å²) in [5, 5.41) is 13.2. The number of fused-ring (bicyclic) bond motifs is 1. The lowest BCUT2D eigenvalue weighted by Crippen LogP contribution is -2.54. The molecule has 3 saturated heterocycles. The van der Waals surface area contributed by atoms with Crippen LogP contribution in [0.25, 0.3) is 10.4 Å². The number of carbonyl (C=O) groups is 6. The van der Waals surface area contributed by atoms with E-state index in [1.807, 2.05) is 46.3 Å². The number of piperidine rings is 3. The fraction of sp³-hybridized carbons (Fsp3) is 0.429. The molecule has 8 rings (SSSR count). The van der Waals surface area contributed by atoms with E-state index < -0.39 is 35.3 Å². The van der Waals surface area contributed by atoms with E-state index in [0.717, 1.165) is 44.3 Å². The Labute approximate surface area is 386 Å². The zero-order chi connectivity index (χ0) is 46.5. The Hall–Kier alpha value is -6.64. The van der Waals surface area contributed by atoms with Crippen LogP contribution in [0.5, 0.6) is 11.5 Å². The molecule has 6 heterocycles. The number of nitrogens with two attached hydrogens (primary N) is 1. The van der Waals surface area contributed by atoms with Crippen molar-refractivity contribution < 1.29 is 43.3 Å². The van der Waals surface area contributed by atoms with Crippen LogP contribution in [0.3, 0.4) is 0 Å². The molecule has 1 atom stereocenters. The number of aromatic nitrogens is 2. The number of thiazole rings is 1. The van der Waals surface area contributed by atoms with Crippen LogP contribution in [0.2, 0.25) is 0 Å². The molecule has 16 nitrogen and oxygen atoms in total. The number of nitrogens with one attached hydrogen (secondary N) is 1. The maximum absolute atomic E-state index is 13.6. The van der Waals surface area contributed by atoms with Gasteiger partial charge in [0.05, 0.1) is 27.6 Å². The van der Waals surface area contributed by atoms with Crippen molar-refractivity contribution in [1.29, 1.82) is 0 Å². The molecule has 2 aromatic heterocycles. The van der Waals surface area contributed by atoms with Crippen LogP contribution in [-0.2, 0) is 25.8 Å². The molecule has 0 bridgehead atoms. The number of unbranched alkanes of at least 4 members (excludes halogenated alkanes) is 1. The van der Waals surface area contributed by atoms with Crippen molar-refractivity contribution in [1.82, 2.24) is 30.0 Å². The molecule has 0 radical (unpaired) electrons. The molecular weight excluding hydrogens is 863 g/mol. The average Bonchev–Trinajstić information content (AvgIpc) is 3.90. The molecular formula is C49H53N7O9S. The maximum Gasteiger partial charge on any atom is 0.266 e. The van der Waals surface area contributed by atoms with Gasteiger partial charge in [0, 0.05) is 74.4 Å². The maximum atomic E-state index is 13.6. The Bertz CT molecular complexity index is 2600. The van der Waals surface area contributed by atoms with Crippen molar-refractivity contribution in [3.8, 4) is 33.8 Å². The number of ether oxygens (including phenoxy) is 2. The number of benzene rings is 2. The quantitative estimate of drug-likeness (QED) is 0.0910. The molecule has 4 N–H and O–H groups in total. The molecule has 4 aliphatic heterocycles. The number of aliphatic hydroxyl groups is 1. The van der Waals surface area contributed by atoms with Crippen LogP contribution in [0.1, 0.15) is 114 Å². The van der Waals surface area contributed by atoms with Gasteiger partial charge >= 0.3 is 0 Å². The third kappa shape index (κ3) is 10.6. The van der Waals surface area contributed by atoms with Crippen molar-refractivity contribution in [2.24, 2.45) is 5.92 Å². The molecule has 66 heavy (non-hydrogen) atoms. The van der Waals surface area contributed by atoms with Gasteiger partial charge in [0.25, 0.3) is 11.8 Å². The van der Waals surface area contributed by atoms with E-state index >= 15 is 0 Å². The van der Waals surface area contributed by atoms with E-state index in [9.17, 15) is 33.9 Å². The number of hydrogen-bond acceptors (Lipinski definition) is 13. The van der Waals surface area contributed by atoms with Crippen LogP contribution in [-0.4, -0.2) is 110 Å². The number of carbonyl (C=O) groups excluding carboxylic acids is 6. The second kappa shape index (κ2) is 19.8. The van der Waals surface area contributed by atoms with Gasteiger partial charge in [-0.25, -0.2) is 9.97 Å². The zero-order valence-corrected chi connectivity index (χ0v) is 37.9. The molecule has 1 unspecified atom stereocenters. The first-order valence-electron chi connectivity index (χ1n) is 22.5. The fourth-order valence-electron chi connectivity index (χ4n) is 8.74. The largest absolute Gasteiger partial charge is 0.493 e. The molecule has 4 aromatic rings. The standard InChI is InChI=1S/C49H53N7O9S/c1-49(2,63)19-14-30-7-5-8-31(25-30)29-65-38-26-34(27-51-43(38)50)39-28-52-45(66-39)32-15-22-55(23-16-32)46(60)33-17-20-54(21-18-33)41(58)11-3-4-24-64-37-10-6-9-35-42(37)48(62)56(47(35)61)36-12-13-40(57)53-44(36)59/h5-10,25-28,32-33,36,63H,3-4,11-13,15-18,20-24,29H2,1-2H3,(H2,50,51)(H,53,57,59). The van der Waals surface area contributed by atoms with Crippen LogP contribution in [0.15, 0.2) is 60.9 Å². The highest BCUT2D eigenvalue weighted by Crippen LogP contribution is 2.38. The van der Waals surface area contributed by atoms with Gasteiger partial charge in [-0.2, -0.15) is 0 Å². The minimum atomic E-state index is -1.09. The van der Waals surface area contributed by atoms with Crippen LogP contribution in [0, 0.1) is 17.8 Å². The molecule has 3 fully saturated rings. The Morgan fingerprint density at radius 1 is 0.894 bits per heavy atom. The van der Waals surface area contributed by atoms with Crippen molar-refractivity contribution in [3.05, 3.63) is 88.2 Å². The minimum absolute atomic E-state index is 0.0286. The number of nitrogen functional groups attached to an aromatic ring is 1. The Morgan fingerprint density at radius 2 is 1.65 bits per heavy atom. The summed E-state index contributed by atoms with van der Waals surface area (Å²) in [7, 11) is 0. The van der Waals surface area contributed by atoms with Gasteiger partial charge in [-0.05, 0) is 94.7 Å². The summed E-state index contributed by atoms with van der Waals surface area (Å²) in [4.78, 5) is 92.1. The highest BCUT2D eigenvalue weighted by atomic mass is 32.1. The van der Waals surface area contributed by atoms with Crippen LogP contribution < -0.4 is 20.5 Å². The fourth-order valence-corrected chi connectivity index (χ4v) is 9.81. The number of anilines is 1. The lowest BCUT2D eigenvalue weighted by Gasteiger charge is -2.37. The third-order valence-electron chi connectivity index (χ3n) is 12.3. The van der Waals surface area contributed by atoms with Gasteiger partial charge in [-0.3, -0.25) is 39.0 Å². The molecule has 17 heteroatoms. The number of hydrogen-bond donors (Lipinski definition) is 3. The number of likely N-dealkylation sites (tertiary alicyclic amines) is 2. The third-order valence-corrected chi connectivity index (χ3v) is 13.6. The number of rotatable bonds is 13. The van der Waals surface area contributed by atoms with Gasteiger partial charge in [-0.15, -0.1) is 11.3 Å². The zero-order valence-electron chi connectivity index (χ0n) is 37.0. The van der Waals surface area contributed by atoms with Gasteiger partial charge in [-0.1, -0.05) is 30.0 Å². The number of pyridine rings is 1. The van der Waals surface area contributed by atoms with E-state index in [1.54, 1.807) is 43.5 Å². The highest BCUT2D eigenvalue weighted by molar-refractivity contribution is 7.15. The summed E-state index contributed by atoms with van der Waals surface area (Å²) < 4.78 is 12.0. The molecule has 0 saturated carbocycles. The molecule has 4 aliphatic rings. The first kappa shape index (κ1) is 45.9. The SMILES string of the molecule is CC(C)(O)C#Cc1cccc(COc2cc(-c3cnc(C4CCN(C(=O)C5CCN(C(=O)CCCCOc6cccc7c6C(=O)N(C6CCC(=O)NC6=O)C7=O)CC5)CC4)s3)cnc2N)c1. The van der Waals surface area contributed by atoms with Crippen molar-refractivity contribution in [3.63, 3.8) is 0 Å². The summed E-state index contributed by atoms with van der Waals surface area (Å²) >= 11 is 1.61. The van der Waals surface area contributed by atoms with Crippen LogP contribution >= 0.6 is 11.3 Å². The lowest BCUT2D eigenvalue weighted by atomic mass is 9.92. The molecule has 2 aromatic carbocycles. The topological polar surface area (TPSA) is 215 Å². The minimum Gasteiger partial charge on any atom is -0.493 e. The van der Waals surface area contributed by atoms with Gasteiger partial charge < -0.3 is 30.1 Å². The number of imide groups is 2. The predicted molar refractivity (Wildman–Crippen MR) is 244 cm³/mol. The Kier molecular flexibility index (Phi) is 13.8. The van der Waals surface area contributed by atoms with Gasteiger partial charge in [0.1, 0.15) is 24.0 Å². The summed E-state index contributed by atoms with van der Waals surface area (Å²) in [6.07, 6.45) is 7.97. The smallest absolute Gasteiger partial charge is 0.266 e. The van der Waals surface area contributed by atoms with Crippen molar-refractivity contribution >= 4 is 52.6 Å². The van der Waals surface area contributed by atoms with E-state index in [4.69, 9.17) is 20.2 Å². The van der Waals surface area contributed by atoms with Gasteiger partial charge in [0.2, 0.25) is 23.6 Å². The van der Waals surface area contributed by atoms with Crippen LogP contribution in [0.4, 0.5) is 5.82 Å². The van der Waals surface area contributed by atoms with Crippen molar-refractivity contribution in [2.75, 3.05) is 38.5 Å². The summed E-state index contributed by atoms with van der Waals surface area (Å²) in [5.74, 6) is 4.76. The first-order chi connectivity index (χ1) is 31.7. The molecule has 0 spiro atoms. The summed E-state index contributed by atoms with van der Waals surface area (Å²) in [6.45, 7) is 6.12. The second-order valence-electron chi connectivity index (χ2n) is 17.7.